The molecule has 1 aliphatic heterocycles. The first kappa shape index (κ1) is 12.2. The molecule has 1 aliphatic rings. The zero-order chi connectivity index (χ0) is 14.1. The first-order chi connectivity index (χ1) is 9.66. The number of aliphatic carboxylic acids is 1. The molecule has 6 heteroatoms. The Kier molecular flexibility index (Phi) is 2.83. The second-order valence-electron chi connectivity index (χ2n) is 4.21. The molecule has 0 atom stereocenters. The average Bonchev–Trinajstić information content (AvgIpc) is 2.55. The molecule has 0 aliphatic carbocycles. The zero-order valence-corrected chi connectivity index (χ0v) is 10.3. The number of anilines is 1. The SMILES string of the molecule is O=C(O)CN1C(=O)c2cccnc2Oc2ccccc21. The van der Waals surface area contributed by atoms with Crippen LogP contribution in [0.4, 0.5) is 5.69 Å². The maximum atomic E-state index is 12.5. The summed E-state index contributed by atoms with van der Waals surface area (Å²) in [6, 6.07) is 9.94. The van der Waals surface area contributed by atoms with Gasteiger partial charge in [-0.15, -0.1) is 0 Å². The number of ether oxygens (including phenoxy) is 1. The van der Waals surface area contributed by atoms with Crippen LogP contribution < -0.4 is 9.64 Å². The van der Waals surface area contributed by atoms with E-state index in [-0.39, 0.29) is 11.4 Å². The number of carboxylic acids is 1. The molecule has 100 valence electrons. The number of nitrogens with zero attached hydrogens (tertiary/aromatic N) is 2. The molecule has 0 radical (unpaired) electrons. The van der Waals surface area contributed by atoms with Gasteiger partial charge >= 0.3 is 5.97 Å². The number of amides is 1. The van der Waals surface area contributed by atoms with Crippen molar-refractivity contribution in [3.8, 4) is 11.6 Å². The van der Waals surface area contributed by atoms with E-state index in [0.29, 0.717) is 11.4 Å². The van der Waals surface area contributed by atoms with Gasteiger partial charge in [0.25, 0.3) is 5.91 Å². The third-order valence-electron chi connectivity index (χ3n) is 2.90. The number of hydrogen-bond acceptors (Lipinski definition) is 4. The largest absolute Gasteiger partial charge is 0.480 e. The fourth-order valence-corrected chi connectivity index (χ4v) is 2.05. The van der Waals surface area contributed by atoms with Gasteiger partial charge in [0, 0.05) is 6.20 Å². The van der Waals surface area contributed by atoms with Crippen LogP contribution in [0.3, 0.4) is 0 Å². The van der Waals surface area contributed by atoms with Gasteiger partial charge in [-0.1, -0.05) is 12.1 Å². The highest BCUT2D eigenvalue weighted by Crippen LogP contribution is 2.37. The summed E-state index contributed by atoms with van der Waals surface area (Å²) in [7, 11) is 0. The maximum absolute atomic E-state index is 12.5. The van der Waals surface area contributed by atoms with Gasteiger partial charge in [0.05, 0.1) is 5.69 Å². The van der Waals surface area contributed by atoms with Gasteiger partial charge in [-0.3, -0.25) is 14.5 Å². The monoisotopic (exact) mass is 270 g/mol. The summed E-state index contributed by atoms with van der Waals surface area (Å²) in [5, 5.41) is 9.00. The van der Waals surface area contributed by atoms with E-state index < -0.39 is 18.4 Å². The molecule has 6 nitrogen and oxygen atoms in total. The molecule has 0 saturated heterocycles. The molecule has 0 saturated carbocycles. The van der Waals surface area contributed by atoms with Crippen LogP contribution in [0.2, 0.25) is 0 Å². The minimum absolute atomic E-state index is 0.179. The van der Waals surface area contributed by atoms with Gasteiger partial charge in [0.15, 0.2) is 5.75 Å². The molecule has 2 aromatic rings. The van der Waals surface area contributed by atoms with E-state index in [1.54, 1.807) is 36.4 Å². The molecule has 1 amide bonds. The second-order valence-corrected chi connectivity index (χ2v) is 4.21. The number of carbonyl (C=O) groups is 2. The van der Waals surface area contributed by atoms with Crippen molar-refractivity contribution in [2.75, 3.05) is 11.4 Å². The van der Waals surface area contributed by atoms with E-state index >= 15 is 0 Å². The van der Waals surface area contributed by atoms with E-state index in [4.69, 9.17) is 9.84 Å². The van der Waals surface area contributed by atoms with E-state index in [1.165, 1.54) is 11.1 Å². The number of hydrogen-bond donors (Lipinski definition) is 1. The zero-order valence-electron chi connectivity index (χ0n) is 10.3. The van der Waals surface area contributed by atoms with Crippen molar-refractivity contribution < 1.29 is 19.4 Å². The lowest BCUT2D eigenvalue weighted by Gasteiger charge is -2.19. The van der Waals surface area contributed by atoms with Gasteiger partial charge in [-0.2, -0.15) is 0 Å². The number of rotatable bonds is 2. The lowest BCUT2D eigenvalue weighted by molar-refractivity contribution is -0.135. The van der Waals surface area contributed by atoms with Crippen LogP contribution in [0, 0.1) is 0 Å². The Morgan fingerprint density at radius 3 is 2.85 bits per heavy atom. The number of pyridine rings is 1. The van der Waals surface area contributed by atoms with Crippen molar-refractivity contribution in [3.05, 3.63) is 48.2 Å². The summed E-state index contributed by atoms with van der Waals surface area (Å²) < 4.78 is 5.62. The van der Waals surface area contributed by atoms with Crippen LogP contribution in [-0.4, -0.2) is 28.5 Å². The number of fused-ring (bicyclic) bond motifs is 2. The average molecular weight is 270 g/mol. The van der Waals surface area contributed by atoms with Crippen molar-refractivity contribution in [2.24, 2.45) is 0 Å². The number of carbonyl (C=O) groups excluding carboxylic acids is 1. The molecule has 2 heterocycles. The molecule has 0 bridgehead atoms. The first-order valence-electron chi connectivity index (χ1n) is 5.92. The molecule has 3 rings (SSSR count). The third-order valence-corrected chi connectivity index (χ3v) is 2.90. The third kappa shape index (κ3) is 1.97. The number of para-hydroxylation sites is 2. The fraction of sp³-hybridized carbons (Fsp3) is 0.0714. The first-order valence-corrected chi connectivity index (χ1v) is 5.92. The van der Waals surface area contributed by atoms with Gasteiger partial charge in [0.1, 0.15) is 12.1 Å². The van der Waals surface area contributed by atoms with Gasteiger partial charge in [-0.25, -0.2) is 4.98 Å². The van der Waals surface area contributed by atoms with Crippen LogP contribution in [0.5, 0.6) is 11.6 Å². The van der Waals surface area contributed by atoms with E-state index in [0.717, 1.165) is 0 Å². The topological polar surface area (TPSA) is 79.7 Å². The van der Waals surface area contributed by atoms with Crippen molar-refractivity contribution in [3.63, 3.8) is 0 Å². The molecule has 1 aromatic heterocycles. The molecular formula is C14H10N2O4. The Labute approximate surface area is 114 Å². The highest BCUT2D eigenvalue weighted by Gasteiger charge is 2.29. The summed E-state index contributed by atoms with van der Waals surface area (Å²) in [5.74, 6) is -0.960. The van der Waals surface area contributed by atoms with Crippen LogP contribution >= 0.6 is 0 Å². The Morgan fingerprint density at radius 2 is 2.05 bits per heavy atom. The summed E-state index contributed by atoms with van der Waals surface area (Å²) in [4.78, 5) is 28.7. The highest BCUT2D eigenvalue weighted by atomic mass is 16.5. The molecule has 1 N–H and O–H groups in total. The normalized spacial score (nSPS) is 13.0. The Bertz CT molecular complexity index is 699. The van der Waals surface area contributed by atoms with Gasteiger partial charge < -0.3 is 9.84 Å². The quantitative estimate of drug-likeness (QED) is 0.901. The summed E-state index contributed by atoms with van der Waals surface area (Å²) >= 11 is 0. The lowest BCUT2D eigenvalue weighted by Crippen LogP contribution is -2.35. The number of carboxylic acid groups (broad SMARTS) is 1. The Morgan fingerprint density at radius 1 is 1.25 bits per heavy atom. The van der Waals surface area contributed by atoms with Crippen LogP contribution in [-0.2, 0) is 4.79 Å². The molecule has 0 fully saturated rings. The summed E-state index contributed by atoms with van der Waals surface area (Å²) in [6.45, 7) is -0.437. The maximum Gasteiger partial charge on any atom is 0.323 e. The predicted molar refractivity (Wildman–Crippen MR) is 70.1 cm³/mol. The smallest absolute Gasteiger partial charge is 0.323 e. The summed E-state index contributed by atoms with van der Waals surface area (Å²) in [5.41, 5.74) is 0.655. The minimum atomic E-state index is -1.10. The molecular weight excluding hydrogens is 260 g/mol. The highest BCUT2D eigenvalue weighted by molar-refractivity contribution is 6.11. The van der Waals surface area contributed by atoms with E-state index in [1.807, 2.05) is 0 Å². The predicted octanol–water partition coefficient (Wildman–Crippen LogP) is 1.92. The molecule has 20 heavy (non-hydrogen) atoms. The standard InChI is InChI=1S/C14H10N2O4/c17-12(18)8-16-10-5-1-2-6-11(10)20-13-9(14(16)19)4-3-7-15-13/h1-7H,8H2,(H,17,18). The molecule has 0 spiro atoms. The lowest BCUT2D eigenvalue weighted by atomic mass is 10.2. The Hall–Kier alpha value is -2.89. The fourth-order valence-electron chi connectivity index (χ4n) is 2.05. The van der Waals surface area contributed by atoms with Gasteiger partial charge in [0.2, 0.25) is 5.88 Å². The second kappa shape index (κ2) is 4.65. The van der Waals surface area contributed by atoms with Crippen molar-refractivity contribution >= 4 is 17.6 Å². The summed E-state index contributed by atoms with van der Waals surface area (Å²) in [6.07, 6.45) is 1.52. The van der Waals surface area contributed by atoms with E-state index in [2.05, 4.69) is 4.98 Å². The minimum Gasteiger partial charge on any atom is -0.480 e. The number of benzene rings is 1. The number of aromatic nitrogens is 1. The van der Waals surface area contributed by atoms with Gasteiger partial charge in [-0.05, 0) is 24.3 Å². The molecule has 0 unspecified atom stereocenters. The molecule has 1 aromatic carbocycles. The van der Waals surface area contributed by atoms with Crippen LogP contribution in [0.1, 0.15) is 10.4 Å². The van der Waals surface area contributed by atoms with E-state index in [9.17, 15) is 9.59 Å². The van der Waals surface area contributed by atoms with Crippen molar-refractivity contribution in [1.82, 2.24) is 4.98 Å². The van der Waals surface area contributed by atoms with Crippen molar-refractivity contribution in [2.45, 2.75) is 0 Å². The van der Waals surface area contributed by atoms with Crippen LogP contribution in [0.25, 0.3) is 0 Å². The van der Waals surface area contributed by atoms with Crippen LogP contribution in [0.15, 0.2) is 42.6 Å². The van der Waals surface area contributed by atoms with Crippen molar-refractivity contribution in [1.29, 1.82) is 0 Å². The Balaban J connectivity index is 2.19.